The first-order chi connectivity index (χ1) is 9.54. The van der Waals surface area contributed by atoms with Crippen LogP contribution in [0.2, 0.25) is 0 Å². The van der Waals surface area contributed by atoms with Crippen molar-refractivity contribution in [1.29, 1.82) is 0 Å². The minimum atomic E-state index is -4.19. The molecule has 0 amide bonds. The van der Waals surface area contributed by atoms with Crippen molar-refractivity contribution in [3.05, 3.63) is 18.5 Å². The number of aromatic nitrogens is 1. The number of anilines is 1. The summed E-state index contributed by atoms with van der Waals surface area (Å²) in [6, 6.07) is 1.74. The molecule has 0 atom stereocenters. The van der Waals surface area contributed by atoms with Gasteiger partial charge in [-0.25, -0.2) is 0 Å². The third-order valence-corrected chi connectivity index (χ3v) is 3.06. The Labute approximate surface area is 115 Å². The van der Waals surface area contributed by atoms with E-state index >= 15 is 0 Å². The highest BCUT2D eigenvalue weighted by atomic mass is 19.4. The number of ether oxygens (including phenoxy) is 1. The number of pyridine rings is 1. The lowest BCUT2D eigenvalue weighted by atomic mass is 10.3. The van der Waals surface area contributed by atoms with Crippen LogP contribution in [-0.2, 0) is 0 Å². The fourth-order valence-corrected chi connectivity index (χ4v) is 2.05. The Hall–Kier alpha value is -1.50. The molecule has 1 N–H and O–H groups in total. The fraction of sp³-hybridized carbons (Fsp3) is 0.615. The normalized spacial score (nSPS) is 16.9. The molecule has 0 radical (unpaired) electrons. The second-order valence-electron chi connectivity index (χ2n) is 4.68. The largest absolute Gasteiger partial charge is 0.492 e. The van der Waals surface area contributed by atoms with E-state index in [2.05, 4.69) is 15.2 Å². The molecular formula is C13H18F3N3O. The van der Waals surface area contributed by atoms with Crippen molar-refractivity contribution in [1.82, 2.24) is 10.3 Å². The summed E-state index contributed by atoms with van der Waals surface area (Å²) < 4.78 is 41.3. The maximum atomic E-state index is 12.1. The molecule has 2 heterocycles. The minimum absolute atomic E-state index is 0.379. The molecule has 1 aromatic rings. The molecule has 1 fully saturated rings. The molecule has 20 heavy (non-hydrogen) atoms. The zero-order valence-electron chi connectivity index (χ0n) is 11.1. The molecule has 2 rings (SSSR count). The van der Waals surface area contributed by atoms with Gasteiger partial charge in [-0.15, -0.1) is 0 Å². The van der Waals surface area contributed by atoms with Gasteiger partial charge in [-0.2, -0.15) is 13.2 Å². The Bertz CT molecular complexity index is 418. The summed E-state index contributed by atoms with van der Waals surface area (Å²) in [7, 11) is 0. The van der Waals surface area contributed by atoms with Crippen LogP contribution in [0.4, 0.5) is 18.9 Å². The molecule has 0 aliphatic carbocycles. The number of nitrogens with one attached hydrogen (secondary N) is 1. The maximum absolute atomic E-state index is 12.1. The van der Waals surface area contributed by atoms with Crippen LogP contribution in [-0.4, -0.2) is 43.9 Å². The van der Waals surface area contributed by atoms with Crippen molar-refractivity contribution in [3.63, 3.8) is 0 Å². The highest BCUT2D eigenvalue weighted by Crippen LogP contribution is 2.23. The maximum Gasteiger partial charge on any atom is 0.392 e. The molecule has 0 bridgehead atoms. The second-order valence-corrected chi connectivity index (χ2v) is 4.68. The molecule has 0 saturated carbocycles. The van der Waals surface area contributed by atoms with Gasteiger partial charge in [0.1, 0.15) is 5.75 Å². The minimum Gasteiger partial charge on any atom is -0.492 e. The third-order valence-electron chi connectivity index (χ3n) is 3.06. The number of alkyl halides is 3. The van der Waals surface area contributed by atoms with Crippen LogP contribution in [0, 0.1) is 0 Å². The first-order valence-corrected chi connectivity index (χ1v) is 6.65. The van der Waals surface area contributed by atoms with E-state index < -0.39 is 12.6 Å². The van der Waals surface area contributed by atoms with Crippen molar-refractivity contribution >= 4 is 5.69 Å². The van der Waals surface area contributed by atoms with Gasteiger partial charge in [0.15, 0.2) is 0 Å². The molecule has 7 heteroatoms. The van der Waals surface area contributed by atoms with Gasteiger partial charge in [-0.3, -0.25) is 4.98 Å². The van der Waals surface area contributed by atoms with E-state index in [9.17, 15) is 13.2 Å². The van der Waals surface area contributed by atoms with Gasteiger partial charge in [-0.1, -0.05) is 0 Å². The summed E-state index contributed by atoms with van der Waals surface area (Å²) in [6.07, 6.45) is -0.969. The quantitative estimate of drug-likeness (QED) is 0.922. The van der Waals surface area contributed by atoms with Gasteiger partial charge < -0.3 is 15.0 Å². The molecule has 112 valence electrons. The van der Waals surface area contributed by atoms with Gasteiger partial charge in [0.2, 0.25) is 0 Å². The van der Waals surface area contributed by atoms with Gasteiger partial charge >= 0.3 is 6.18 Å². The van der Waals surface area contributed by atoms with Crippen LogP contribution in [0.1, 0.15) is 12.8 Å². The van der Waals surface area contributed by atoms with Gasteiger partial charge in [0, 0.05) is 25.7 Å². The lowest BCUT2D eigenvalue weighted by Gasteiger charge is -2.22. The number of nitrogens with zero attached hydrogens (tertiary/aromatic N) is 2. The summed E-state index contributed by atoms with van der Waals surface area (Å²) in [5.74, 6) is 0.379. The van der Waals surface area contributed by atoms with E-state index in [4.69, 9.17) is 4.74 Å². The average Bonchev–Trinajstić information content (AvgIpc) is 2.66. The molecule has 0 unspecified atom stereocenters. The predicted molar refractivity (Wildman–Crippen MR) is 70.1 cm³/mol. The van der Waals surface area contributed by atoms with Gasteiger partial charge in [0.05, 0.1) is 31.1 Å². The molecule has 0 aromatic carbocycles. The molecular weight excluding hydrogens is 271 g/mol. The van der Waals surface area contributed by atoms with Crippen LogP contribution < -0.4 is 15.0 Å². The Morgan fingerprint density at radius 2 is 2.10 bits per heavy atom. The van der Waals surface area contributed by atoms with Crippen LogP contribution >= 0.6 is 0 Å². The SMILES string of the molecule is FC(F)(F)CCOc1cncc(N2CCCNCC2)c1. The fourth-order valence-electron chi connectivity index (χ4n) is 2.05. The van der Waals surface area contributed by atoms with E-state index in [1.54, 1.807) is 12.3 Å². The van der Waals surface area contributed by atoms with Gasteiger partial charge in [-0.05, 0) is 13.0 Å². The number of hydrogen-bond acceptors (Lipinski definition) is 4. The average molecular weight is 289 g/mol. The highest BCUT2D eigenvalue weighted by molar-refractivity contribution is 5.48. The Morgan fingerprint density at radius 1 is 1.25 bits per heavy atom. The van der Waals surface area contributed by atoms with Crippen molar-refractivity contribution in [2.24, 2.45) is 0 Å². The first kappa shape index (κ1) is 14.9. The smallest absolute Gasteiger partial charge is 0.392 e. The van der Waals surface area contributed by atoms with Crippen LogP contribution in [0.25, 0.3) is 0 Å². The first-order valence-electron chi connectivity index (χ1n) is 6.65. The zero-order valence-corrected chi connectivity index (χ0v) is 11.1. The molecule has 0 spiro atoms. The van der Waals surface area contributed by atoms with E-state index in [1.165, 1.54) is 6.20 Å². The second kappa shape index (κ2) is 6.78. The lowest BCUT2D eigenvalue weighted by Crippen LogP contribution is -2.27. The number of hydrogen-bond donors (Lipinski definition) is 1. The van der Waals surface area contributed by atoms with E-state index in [1.807, 2.05) is 0 Å². The Kier molecular flexibility index (Phi) is 5.05. The molecule has 4 nitrogen and oxygen atoms in total. The van der Waals surface area contributed by atoms with Gasteiger partial charge in [0.25, 0.3) is 0 Å². The number of rotatable bonds is 4. The Balaban J connectivity index is 1.93. The topological polar surface area (TPSA) is 37.4 Å². The Morgan fingerprint density at radius 3 is 2.90 bits per heavy atom. The van der Waals surface area contributed by atoms with Crippen molar-refractivity contribution < 1.29 is 17.9 Å². The monoisotopic (exact) mass is 289 g/mol. The third kappa shape index (κ3) is 4.88. The lowest BCUT2D eigenvalue weighted by molar-refractivity contribution is -0.139. The summed E-state index contributed by atoms with van der Waals surface area (Å²) in [6.45, 7) is 3.25. The molecule has 1 aromatic heterocycles. The van der Waals surface area contributed by atoms with E-state index in [0.29, 0.717) is 5.75 Å². The summed E-state index contributed by atoms with van der Waals surface area (Å²) >= 11 is 0. The van der Waals surface area contributed by atoms with E-state index in [0.717, 1.165) is 38.3 Å². The molecule has 1 aliphatic rings. The van der Waals surface area contributed by atoms with Crippen molar-refractivity contribution in [2.45, 2.75) is 19.0 Å². The number of halogens is 3. The standard InChI is InChI=1S/C13H18F3N3O/c14-13(15,16)2-7-20-12-8-11(9-18-10-12)19-5-1-3-17-4-6-19/h8-10,17H,1-7H2. The zero-order chi connectivity index (χ0) is 14.4. The predicted octanol–water partition coefficient (Wildman–Crippen LogP) is 2.21. The summed E-state index contributed by atoms with van der Waals surface area (Å²) in [4.78, 5) is 6.19. The highest BCUT2D eigenvalue weighted by Gasteiger charge is 2.26. The van der Waals surface area contributed by atoms with Crippen LogP contribution in [0.3, 0.4) is 0 Å². The van der Waals surface area contributed by atoms with Crippen LogP contribution in [0.15, 0.2) is 18.5 Å². The molecule has 1 aliphatic heterocycles. The molecule has 1 saturated heterocycles. The van der Waals surface area contributed by atoms with Crippen LogP contribution in [0.5, 0.6) is 5.75 Å². The summed E-state index contributed by atoms with van der Waals surface area (Å²) in [5, 5.41) is 3.29. The van der Waals surface area contributed by atoms with Crippen molar-refractivity contribution in [3.8, 4) is 5.75 Å². The summed E-state index contributed by atoms with van der Waals surface area (Å²) in [5.41, 5.74) is 0.887. The van der Waals surface area contributed by atoms with E-state index in [-0.39, 0.29) is 6.61 Å². The van der Waals surface area contributed by atoms with Crippen molar-refractivity contribution in [2.75, 3.05) is 37.7 Å².